The minimum atomic E-state index is 0.702. The molecule has 11 heavy (non-hydrogen) atoms. The molecule has 1 nitrogen and oxygen atoms in total. The van der Waals surface area contributed by atoms with Crippen molar-refractivity contribution in [3.8, 4) is 0 Å². The minimum absolute atomic E-state index is 0.702. The normalized spacial score (nSPS) is 20.5. The zero-order valence-corrected chi connectivity index (χ0v) is 8.66. The van der Waals surface area contributed by atoms with Crippen LogP contribution in [0.3, 0.4) is 0 Å². The van der Waals surface area contributed by atoms with Crippen LogP contribution < -0.4 is 0 Å². The lowest BCUT2D eigenvalue weighted by Crippen LogP contribution is -2.32. The fraction of sp³-hybridized carbons (Fsp3) is 1.00. The van der Waals surface area contributed by atoms with E-state index in [-0.39, 0.29) is 0 Å². The standard InChI is InChI=1S/C9H19NS/c1-8(2)10(11-3)9-6-4-5-7-9/h8-9H,4-7H2,1-3H3. The molecule has 0 bridgehead atoms. The predicted octanol–water partition coefficient (Wildman–Crippen LogP) is 2.92. The fourth-order valence-corrected chi connectivity index (χ4v) is 2.87. The zero-order valence-electron chi connectivity index (χ0n) is 7.84. The van der Waals surface area contributed by atoms with Gasteiger partial charge < -0.3 is 0 Å². The van der Waals surface area contributed by atoms with Crippen molar-refractivity contribution in [2.24, 2.45) is 0 Å². The molecule has 0 radical (unpaired) electrons. The quantitative estimate of drug-likeness (QED) is 0.604. The van der Waals surface area contributed by atoms with E-state index in [1.165, 1.54) is 25.7 Å². The van der Waals surface area contributed by atoms with E-state index in [0.29, 0.717) is 6.04 Å². The molecule has 0 saturated heterocycles. The summed E-state index contributed by atoms with van der Waals surface area (Å²) in [6.45, 7) is 4.57. The molecule has 1 aliphatic carbocycles. The summed E-state index contributed by atoms with van der Waals surface area (Å²) in [5.74, 6) is 0. The van der Waals surface area contributed by atoms with Gasteiger partial charge in [0.2, 0.25) is 0 Å². The van der Waals surface area contributed by atoms with Crippen molar-refractivity contribution in [1.82, 2.24) is 4.31 Å². The van der Waals surface area contributed by atoms with E-state index in [0.717, 1.165) is 6.04 Å². The van der Waals surface area contributed by atoms with Gasteiger partial charge in [-0.25, -0.2) is 4.31 Å². The lowest BCUT2D eigenvalue weighted by molar-refractivity contribution is 0.305. The molecule has 0 unspecified atom stereocenters. The van der Waals surface area contributed by atoms with Crippen LogP contribution in [0.4, 0.5) is 0 Å². The van der Waals surface area contributed by atoms with E-state index in [2.05, 4.69) is 24.4 Å². The Labute approximate surface area is 74.7 Å². The second-order valence-electron chi connectivity index (χ2n) is 3.57. The first-order valence-electron chi connectivity index (χ1n) is 4.58. The predicted molar refractivity (Wildman–Crippen MR) is 52.7 cm³/mol. The van der Waals surface area contributed by atoms with E-state index in [9.17, 15) is 0 Å². The molecule has 0 spiro atoms. The van der Waals surface area contributed by atoms with Gasteiger partial charge in [0.15, 0.2) is 0 Å². The van der Waals surface area contributed by atoms with E-state index < -0.39 is 0 Å². The second kappa shape index (κ2) is 4.36. The van der Waals surface area contributed by atoms with Crippen molar-refractivity contribution in [3.63, 3.8) is 0 Å². The highest BCUT2D eigenvalue weighted by molar-refractivity contribution is 7.96. The highest BCUT2D eigenvalue weighted by Crippen LogP contribution is 2.28. The lowest BCUT2D eigenvalue weighted by atomic mass is 10.2. The summed E-state index contributed by atoms with van der Waals surface area (Å²) in [6.07, 6.45) is 7.90. The summed E-state index contributed by atoms with van der Waals surface area (Å²) in [4.78, 5) is 0. The van der Waals surface area contributed by atoms with Gasteiger partial charge in [-0.2, -0.15) is 0 Å². The van der Waals surface area contributed by atoms with Gasteiger partial charge in [0.05, 0.1) is 0 Å². The smallest absolute Gasteiger partial charge is 0.0205 e. The number of nitrogens with zero attached hydrogens (tertiary/aromatic N) is 1. The Morgan fingerprint density at radius 2 is 1.82 bits per heavy atom. The third-order valence-corrected chi connectivity index (χ3v) is 3.55. The first-order valence-corrected chi connectivity index (χ1v) is 5.76. The van der Waals surface area contributed by atoms with Crippen LogP contribution in [0.1, 0.15) is 39.5 Å². The molecule has 1 rings (SSSR count). The molecule has 0 aliphatic heterocycles. The summed E-state index contributed by atoms with van der Waals surface area (Å²) in [7, 11) is 0. The topological polar surface area (TPSA) is 3.24 Å². The first kappa shape index (κ1) is 9.40. The van der Waals surface area contributed by atoms with Crippen LogP contribution in [0.25, 0.3) is 0 Å². The number of hydrogen-bond donors (Lipinski definition) is 0. The summed E-state index contributed by atoms with van der Waals surface area (Å²) < 4.78 is 2.55. The Morgan fingerprint density at radius 3 is 2.18 bits per heavy atom. The van der Waals surface area contributed by atoms with Gasteiger partial charge in [0.1, 0.15) is 0 Å². The molecular formula is C9H19NS. The molecule has 0 N–H and O–H groups in total. The molecule has 1 fully saturated rings. The van der Waals surface area contributed by atoms with Crippen LogP contribution in [-0.2, 0) is 0 Å². The van der Waals surface area contributed by atoms with Gasteiger partial charge in [-0.3, -0.25) is 0 Å². The van der Waals surface area contributed by atoms with Crippen molar-refractivity contribution >= 4 is 11.9 Å². The van der Waals surface area contributed by atoms with E-state index in [1.807, 2.05) is 11.9 Å². The SMILES string of the molecule is CSN(C(C)C)C1CCCC1. The Kier molecular flexibility index (Phi) is 3.73. The molecule has 66 valence electrons. The second-order valence-corrected chi connectivity index (χ2v) is 4.36. The summed E-state index contributed by atoms with van der Waals surface area (Å²) in [6, 6.07) is 1.57. The lowest BCUT2D eigenvalue weighted by Gasteiger charge is -2.29. The molecule has 0 amide bonds. The third kappa shape index (κ3) is 2.38. The van der Waals surface area contributed by atoms with Crippen LogP contribution in [0.2, 0.25) is 0 Å². The minimum Gasteiger partial charge on any atom is -0.245 e. The molecule has 1 aliphatic rings. The molecule has 0 aromatic heterocycles. The highest BCUT2D eigenvalue weighted by Gasteiger charge is 2.23. The van der Waals surface area contributed by atoms with Crippen LogP contribution in [0.15, 0.2) is 0 Å². The van der Waals surface area contributed by atoms with Crippen LogP contribution in [-0.4, -0.2) is 22.6 Å². The maximum Gasteiger partial charge on any atom is 0.0205 e. The van der Waals surface area contributed by atoms with Gasteiger partial charge in [-0.15, -0.1) is 0 Å². The average Bonchev–Trinajstić information content (AvgIpc) is 2.40. The Balaban J connectivity index is 2.40. The van der Waals surface area contributed by atoms with Gasteiger partial charge in [-0.05, 0) is 32.9 Å². The third-order valence-electron chi connectivity index (χ3n) is 2.40. The molecule has 0 aromatic carbocycles. The van der Waals surface area contributed by atoms with Gasteiger partial charge >= 0.3 is 0 Å². The monoisotopic (exact) mass is 173 g/mol. The first-order chi connectivity index (χ1) is 5.25. The number of rotatable bonds is 3. The van der Waals surface area contributed by atoms with Crippen molar-refractivity contribution in [2.75, 3.05) is 6.26 Å². The molecule has 0 aromatic rings. The highest BCUT2D eigenvalue weighted by atomic mass is 32.2. The van der Waals surface area contributed by atoms with Crippen LogP contribution >= 0.6 is 11.9 Å². The Bertz CT molecular complexity index is 108. The van der Waals surface area contributed by atoms with Crippen molar-refractivity contribution in [1.29, 1.82) is 0 Å². The van der Waals surface area contributed by atoms with Crippen LogP contribution in [0, 0.1) is 0 Å². The summed E-state index contributed by atoms with van der Waals surface area (Å²) in [5.41, 5.74) is 0. The van der Waals surface area contributed by atoms with E-state index in [1.54, 1.807) is 0 Å². The average molecular weight is 173 g/mol. The molecular weight excluding hydrogens is 154 g/mol. The van der Waals surface area contributed by atoms with E-state index in [4.69, 9.17) is 0 Å². The van der Waals surface area contributed by atoms with Gasteiger partial charge in [0, 0.05) is 12.1 Å². The van der Waals surface area contributed by atoms with Crippen molar-refractivity contribution < 1.29 is 0 Å². The summed E-state index contributed by atoms with van der Waals surface area (Å²) in [5, 5.41) is 0. The largest absolute Gasteiger partial charge is 0.245 e. The van der Waals surface area contributed by atoms with E-state index >= 15 is 0 Å². The number of hydrogen-bond acceptors (Lipinski definition) is 2. The van der Waals surface area contributed by atoms with Gasteiger partial charge in [-0.1, -0.05) is 24.8 Å². The van der Waals surface area contributed by atoms with Gasteiger partial charge in [0.25, 0.3) is 0 Å². The molecule has 1 saturated carbocycles. The van der Waals surface area contributed by atoms with Crippen molar-refractivity contribution in [2.45, 2.75) is 51.6 Å². The zero-order chi connectivity index (χ0) is 8.27. The molecule has 0 heterocycles. The fourth-order valence-electron chi connectivity index (χ4n) is 1.94. The molecule has 0 atom stereocenters. The Hall–Kier alpha value is 0.310. The van der Waals surface area contributed by atoms with Crippen LogP contribution in [0.5, 0.6) is 0 Å². The summed E-state index contributed by atoms with van der Waals surface area (Å²) >= 11 is 1.91. The Morgan fingerprint density at radius 1 is 1.27 bits per heavy atom. The maximum absolute atomic E-state index is 2.55. The van der Waals surface area contributed by atoms with Crippen molar-refractivity contribution in [3.05, 3.63) is 0 Å². The maximum atomic E-state index is 2.55. The molecule has 2 heteroatoms.